The van der Waals surface area contributed by atoms with Gasteiger partial charge < -0.3 is 13.7 Å². The van der Waals surface area contributed by atoms with Crippen molar-refractivity contribution in [3.63, 3.8) is 0 Å². The molecule has 2 rings (SSSR count). The van der Waals surface area contributed by atoms with Crippen molar-refractivity contribution in [1.82, 2.24) is 0 Å². The number of esters is 1. The summed E-state index contributed by atoms with van der Waals surface area (Å²) in [5.41, 5.74) is -5.67. The van der Waals surface area contributed by atoms with Crippen molar-refractivity contribution in [1.29, 1.82) is 0 Å². The second-order valence-corrected chi connectivity index (χ2v) is 6.08. The zero-order valence-electron chi connectivity index (χ0n) is 11.9. The Morgan fingerprint density at radius 3 is 2.52 bits per heavy atom. The van der Waals surface area contributed by atoms with E-state index in [0.29, 0.717) is 0 Å². The van der Waals surface area contributed by atoms with Gasteiger partial charge in [-0.2, -0.15) is 21.6 Å². The number of fused-ring (bicyclic) bond motifs is 1. The molecule has 126 valence electrons. The minimum atomic E-state index is -5.84. The Bertz CT molecular complexity index is 766. The zero-order chi connectivity index (χ0) is 17.4. The number of benzene rings is 1. The van der Waals surface area contributed by atoms with Gasteiger partial charge in [0.2, 0.25) is 0 Å². The highest BCUT2D eigenvalue weighted by atomic mass is 32.2. The molecular weight excluding hydrogens is 341 g/mol. The molecule has 0 bridgehead atoms. The van der Waals surface area contributed by atoms with Gasteiger partial charge in [-0.25, -0.2) is 4.79 Å². The lowest BCUT2D eigenvalue weighted by atomic mass is 10.0. The van der Waals surface area contributed by atoms with E-state index in [-0.39, 0.29) is 16.9 Å². The fraction of sp³-hybridized carbons (Fsp3) is 0.308. The first-order valence-corrected chi connectivity index (χ1v) is 7.58. The first-order chi connectivity index (χ1) is 10.5. The molecule has 0 amide bonds. The maximum absolute atomic E-state index is 12.5. The van der Waals surface area contributed by atoms with E-state index < -0.39 is 33.5 Å². The minimum absolute atomic E-state index is 0.00306. The van der Waals surface area contributed by atoms with Crippen LogP contribution in [-0.4, -0.2) is 33.1 Å². The SMILES string of the molecule is COC(=O)c1ccc2c(c1)C(OS(=O)(=O)C(F)(F)F)=CC(C)O2. The number of ether oxygens (including phenoxy) is 2. The Morgan fingerprint density at radius 2 is 1.96 bits per heavy atom. The van der Waals surface area contributed by atoms with Gasteiger partial charge >= 0.3 is 21.6 Å². The molecule has 0 radical (unpaired) electrons. The smallest absolute Gasteiger partial charge is 0.486 e. The van der Waals surface area contributed by atoms with Gasteiger partial charge in [0, 0.05) is 6.08 Å². The van der Waals surface area contributed by atoms with Gasteiger partial charge in [-0.3, -0.25) is 0 Å². The third-order valence-corrected chi connectivity index (χ3v) is 3.81. The van der Waals surface area contributed by atoms with Crippen molar-refractivity contribution in [3.8, 4) is 5.75 Å². The number of carbonyl (C=O) groups excluding carboxylic acids is 1. The molecule has 0 saturated carbocycles. The quantitative estimate of drug-likeness (QED) is 0.472. The summed E-state index contributed by atoms with van der Waals surface area (Å²) in [5, 5.41) is 0. The molecule has 1 aliphatic rings. The molecule has 23 heavy (non-hydrogen) atoms. The van der Waals surface area contributed by atoms with Crippen LogP contribution in [0.2, 0.25) is 0 Å². The van der Waals surface area contributed by atoms with Gasteiger partial charge in [0.1, 0.15) is 11.9 Å². The predicted octanol–water partition coefficient (Wildman–Crippen LogP) is 2.46. The van der Waals surface area contributed by atoms with Crippen LogP contribution in [0.1, 0.15) is 22.8 Å². The predicted molar refractivity (Wildman–Crippen MR) is 71.9 cm³/mol. The molecule has 1 aromatic carbocycles. The Kier molecular flexibility index (Phi) is 4.29. The van der Waals surface area contributed by atoms with E-state index in [0.717, 1.165) is 19.3 Å². The molecule has 0 saturated heterocycles. The van der Waals surface area contributed by atoms with Crippen LogP contribution in [0.5, 0.6) is 5.75 Å². The molecule has 0 spiro atoms. The van der Waals surface area contributed by atoms with Crippen molar-refractivity contribution < 1.29 is 40.0 Å². The van der Waals surface area contributed by atoms with Gasteiger partial charge in [-0.1, -0.05) is 0 Å². The number of carbonyl (C=O) groups is 1. The van der Waals surface area contributed by atoms with Crippen molar-refractivity contribution in [3.05, 3.63) is 35.4 Å². The second-order valence-electron chi connectivity index (χ2n) is 4.54. The van der Waals surface area contributed by atoms with E-state index in [4.69, 9.17) is 4.74 Å². The summed E-state index contributed by atoms with van der Waals surface area (Å²) >= 11 is 0. The van der Waals surface area contributed by atoms with Crippen molar-refractivity contribution >= 4 is 21.8 Å². The Morgan fingerprint density at radius 1 is 1.30 bits per heavy atom. The van der Waals surface area contributed by atoms with E-state index in [9.17, 15) is 26.4 Å². The van der Waals surface area contributed by atoms with Crippen LogP contribution < -0.4 is 4.74 Å². The molecule has 0 aromatic heterocycles. The molecule has 0 fully saturated rings. The van der Waals surface area contributed by atoms with E-state index in [2.05, 4.69) is 8.92 Å². The number of rotatable bonds is 3. The van der Waals surface area contributed by atoms with E-state index in [1.165, 1.54) is 19.1 Å². The molecule has 0 N–H and O–H groups in total. The highest BCUT2D eigenvalue weighted by Crippen LogP contribution is 2.37. The monoisotopic (exact) mass is 352 g/mol. The van der Waals surface area contributed by atoms with Crippen LogP contribution in [0, 0.1) is 0 Å². The summed E-state index contributed by atoms with van der Waals surface area (Å²) in [5.74, 6) is -1.23. The van der Waals surface area contributed by atoms with Gasteiger partial charge in [0.05, 0.1) is 18.2 Å². The molecule has 6 nitrogen and oxygen atoms in total. The summed E-state index contributed by atoms with van der Waals surface area (Å²) in [7, 11) is -4.72. The van der Waals surface area contributed by atoms with Crippen LogP contribution in [0.15, 0.2) is 24.3 Å². The fourth-order valence-corrected chi connectivity index (χ4v) is 2.32. The molecule has 10 heteroatoms. The number of hydrogen-bond donors (Lipinski definition) is 0. The van der Waals surface area contributed by atoms with Crippen LogP contribution in [0.25, 0.3) is 5.76 Å². The summed E-state index contributed by atoms with van der Waals surface area (Å²) in [4.78, 5) is 11.5. The third kappa shape index (κ3) is 3.41. The molecule has 1 unspecified atom stereocenters. The van der Waals surface area contributed by atoms with E-state index in [1.807, 2.05) is 0 Å². The molecule has 1 aromatic rings. The number of halogens is 3. The fourth-order valence-electron chi connectivity index (χ4n) is 1.85. The summed E-state index contributed by atoms with van der Waals surface area (Å²) in [6.07, 6.45) is 0.345. The lowest BCUT2D eigenvalue weighted by Crippen LogP contribution is -2.26. The number of alkyl halides is 3. The van der Waals surface area contributed by atoms with Crippen molar-refractivity contribution in [2.24, 2.45) is 0 Å². The minimum Gasteiger partial charge on any atom is -0.486 e. The lowest BCUT2D eigenvalue weighted by molar-refractivity contribution is -0.0510. The van der Waals surface area contributed by atoms with E-state index >= 15 is 0 Å². The maximum atomic E-state index is 12.5. The zero-order valence-corrected chi connectivity index (χ0v) is 12.7. The average Bonchev–Trinajstić information content (AvgIpc) is 2.44. The van der Waals surface area contributed by atoms with Gasteiger partial charge in [0.15, 0.2) is 5.76 Å². The Balaban J connectivity index is 2.48. The number of methoxy groups -OCH3 is 1. The largest absolute Gasteiger partial charge is 0.534 e. The van der Waals surface area contributed by atoms with Crippen molar-refractivity contribution in [2.75, 3.05) is 7.11 Å². The number of hydrogen-bond acceptors (Lipinski definition) is 6. The topological polar surface area (TPSA) is 78.9 Å². The lowest BCUT2D eigenvalue weighted by Gasteiger charge is -2.23. The molecule has 1 atom stereocenters. The molecule has 1 aliphatic heterocycles. The maximum Gasteiger partial charge on any atom is 0.534 e. The Labute approximate surface area is 129 Å². The van der Waals surface area contributed by atoms with Gasteiger partial charge in [-0.05, 0) is 25.1 Å². The molecule has 1 heterocycles. The van der Waals surface area contributed by atoms with E-state index in [1.54, 1.807) is 0 Å². The van der Waals surface area contributed by atoms with Crippen LogP contribution in [-0.2, 0) is 19.0 Å². The highest BCUT2D eigenvalue weighted by molar-refractivity contribution is 7.87. The average molecular weight is 352 g/mol. The van der Waals surface area contributed by atoms with Gasteiger partial charge in [-0.15, -0.1) is 0 Å². The van der Waals surface area contributed by atoms with Crippen LogP contribution in [0.3, 0.4) is 0 Å². The molecule has 0 aliphatic carbocycles. The van der Waals surface area contributed by atoms with Crippen molar-refractivity contribution in [2.45, 2.75) is 18.5 Å². The van der Waals surface area contributed by atoms with Crippen LogP contribution in [0.4, 0.5) is 13.2 Å². The summed E-state index contributed by atoms with van der Waals surface area (Å²) in [6, 6.07) is 3.78. The normalized spacial score (nSPS) is 17.6. The van der Waals surface area contributed by atoms with Gasteiger partial charge in [0.25, 0.3) is 0 Å². The third-order valence-electron chi connectivity index (χ3n) is 2.85. The van der Waals surface area contributed by atoms with Crippen LogP contribution >= 0.6 is 0 Å². The summed E-state index contributed by atoms with van der Waals surface area (Å²) in [6.45, 7) is 1.49. The summed E-state index contributed by atoms with van der Waals surface area (Å²) < 4.78 is 73.8. The highest BCUT2D eigenvalue weighted by Gasteiger charge is 2.49. The first-order valence-electron chi connectivity index (χ1n) is 6.17. The first kappa shape index (κ1) is 17.1. The second kappa shape index (κ2) is 5.76. The molecular formula is C13H11F3O6S. The standard InChI is InChI=1S/C13H11F3O6S/c1-7-5-11(22-23(18,19)13(14,15)16)9-6-8(12(17)20-2)3-4-10(9)21-7/h3-7H,1-2H3. The Hall–Kier alpha value is -2.23.